The molecule has 0 radical (unpaired) electrons. The number of carbonyl (C=O) groups is 1. The highest BCUT2D eigenvalue weighted by molar-refractivity contribution is 5.93. The Kier molecular flexibility index (Phi) is 7.32. The molecule has 118 valence electrons. The minimum absolute atomic E-state index is 0.0847. The van der Waals surface area contributed by atoms with Gasteiger partial charge in [0.1, 0.15) is 5.70 Å². The zero-order chi connectivity index (χ0) is 16.4. The molecule has 1 aromatic carbocycles. The lowest BCUT2D eigenvalue weighted by atomic mass is 10.1. The number of esters is 1. The van der Waals surface area contributed by atoms with Crippen molar-refractivity contribution in [3.8, 4) is 11.5 Å². The Morgan fingerprint density at radius 1 is 1.32 bits per heavy atom. The second kappa shape index (κ2) is 9.28. The van der Waals surface area contributed by atoms with Gasteiger partial charge in [-0.25, -0.2) is 4.79 Å². The van der Waals surface area contributed by atoms with Gasteiger partial charge in [-0.1, -0.05) is 11.2 Å². The van der Waals surface area contributed by atoms with E-state index >= 15 is 0 Å². The van der Waals surface area contributed by atoms with Crippen molar-refractivity contribution in [3.63, 3.8) is 0 Å². The molecular formula is C14H17N3O5. The molecule has 0 fully saturated rings. The summed E-state index contributed by atoms with van der Waals surface area (Å²) in [6.07, 6.45) is 1.40. The van der Waals surface area contributed by atoms with Crippen molar-refractivity contribution < 1.29 is 23.7 Å². The highest BCUT2D eigenvalue weighted by Gasteiger charge is 2.10. The Morgan fingerprint density at radius 2 is 2.09 bits per heavy atom. The van der Waals surface area contributed by atoms with Crippen LogP contribution >= 0.6 is 0 Å². The van der Waals surface area contributed by atoms with Gasteiger partial charge in [-0.05, 0) is 36.2 Å². The van der Waals surface area contributed by atoms with E-state index in [2.05, 4.69) is 14.8 Å². The summed E-state index contributed by atoms with van der Waals surface area (Å²) in [5.41, 5.74) is 8.93. The molecule has 0 unspecified atom stereocenters. The molecule has 0 aliphatic heterocycles. The Labute approximate surface area is 127 Å². The molecule has 0 spiro atoms. The fourth-order valence-corrected chi connectivity index (χ4v) is 1.56. The average Bonchev–Trinajstić information content (AvgIpc) is 2.53. The summed E-state index contributed by atoms with van der Waals surface area (Å²) in [6.45, 7) is 2.36. The van der Waals surface area contributed by atoms with Gasteiger partial charge in [-0.15, -0.1) is 0 Å². The van der Waals surface area contributed by atoms with Crippen molar-refractivity contribution in [1.29, 1.82) is 0 Å². The van der Waals surface area contributed by atoms with Gasteiger partial charge in [0.05, 0.1) is 13.7 Å². The molecule has 0 bridgehead atoms. The monoisotopic (exact) mass is 307 g/mol. The van der Waals surface area contributed by atoms with E-state index in [0.29, 0.717) is 23.7 Å². The number of nitrogens with zero attached hydrogens (tertiary/aromatic N) is 3. The maximum atomic E-state index is 11.5. The topological polar surface area (TPSA) is 103 Å². The molecule has 0 N–H and O–H groups in total. The SMILES string of the molecule is CCOc1cc(/C=C(\N=[N+]=[N-])C(=O)OC)ccc1OCOC. The first-order chi connectivity index (χ1) is 10.7. The highest BCUT2D eigenvalue weighted by Crippen LogP contribution is 2.29. The summed E-state index contributed by atoms with van der Waals surface area (Å²) in [5.74, 6) is 0.262. The summed E-state index contributed by atoms with van der Waals surface area (Å²) in [4.78, 5) is 14.1. The molecule has 0 saturated carbocycles. The number of benzene rings is 1. The molecule has 0 atom stereocenters. The summed E-state index contributed by atoms with van der Waals surface area (Å²) >= 11 is 0. The first-order valence-electron chi connectivity index (χ1n) is 6.40. The third-order valence-electron chi connectivity index (χ3n) is 2.45. The normalized spacial score (nSPS) is 10.6. The lowest BCUT2D eigenvalue weighted by molar-refractivity contribution is -0.136. The fourth-order valence-electron chi connectivity index (χ4n) is 1.56. The largest absolute Gasteiger partial charge is 0.490 e. The molecule has 0 amide bonds. The van der Waals surface area contributed by atoms with Crippen LogP contribution in [0.25, 0.3) is 16.5 Å². The smallest absolute Gasteiger partial charge is 0.340 e. The van der Waals surface area contributed by atoms with E-state index in [1.54, 1.807) is 18.2 Å². The number of methoxy groups -OCH3 is 2. The van der Waals surface area contributed by atoms with E-state index in [4.69, 9.17) is 19.7 Å². The number of hydrogen-bond donors (Lipinski definition) is 0. The van der Waals surface area contributed by atoms with Crippen LogP contribution < -0.4 is 9.47 Å². The van der Waals surface area contributed by atoms with Crippen LogP contribution in [0.1, 0.15) is 12.5 Å². The van der Waals surface area contributed by atoms with Crippen LogP contribution in [0.4, 0.5) is 0 Å². The number of azide groups is 1. The lowest BCUT2D eigenvalue weighted by Gasteiger charge is -2.12. The third kappa shape index (κ3) is 5.01. The van der Waals surface area contributed by atoms with Gasteiger partial charge >= 0.3 is 5.97 Å². The molecule has 0 saturated heterocycles. The molecule has 0 aliphatic carbocycles. The van der Waals surface area contributed by atoms with E-state index in [1.165, 1.54) is 20.3 Å². The van der Waals surface area contributed by atoms with E-state index < -0.39 is 5.97 Å². The predicted octanol–water partition coefficient (Wildman–Crippen LogP) is 2.89. The van der Waals surface area contributed by atoms with Crippen molar-refractivity contribution in [1.82, 2.24) is 0 Å². The molecule has 1 aromatic rings. The summed E-state index contributed by atoms with van der Waals surface area (Å²) in [7, 11) is 2.72. The minimum atomic E-state index is -0.726. The van der Waals surface area contributed by atoms with E-state index in [-0.39, 0.29) is 12.5 Å². The van der Waals surface area contributed by atoms with Gasteiger partial charge in [-0.2, -0.15) is 0 Å². The molecule has 8 nitrogen and oxygen atoms in total. The summed E-state index contributed by atoms with van der Waals surface area (Å²) < 4.78 is 20.2. The Hall–Kier alpha value is -2.70. The number of ether oxygens (including phenoxy) is 4. The number of carbonyl (C=O) groups excluding carboxylic acids is 1. The first kappa shape index (κ1) is 17.4. The molecule has 0 aliphatic rings. The molecule has 1 rings (SSSR count). The Morgan fingerprint density at radius 3 is 2.68 bits per heavy atom. The molecular weight excluding hydrogens is 290 g/mol. The van der Waals surface area contributed by atoms with Gasteiger partial charge in [0.2, 0.25) is 0 Å². The van der Waals surface area contributed by atoms with E-state index in [1.807, 2.05) is 6.92 Å². The third-order valence-corrected chi connectivity index (χ3v) is 2.45. The fraction of sp³-hybridized carbons (Fsp3) is 0.357. The summed E-state index contributed by atoms with van der Waals surface area (Å²) in [5, 5.41) is 3.31. The zero-order valence-electron chi connectivity index (χ0n) is 12.6. The first-order valence-corrected chi connectivity index (χ1v) is 6.40. The van der Waals surface area contributed by atoms with Crippen LogP contribution in [0.15, 0.2) is 29.0 Å². The van der Waals surface area contributed by atoms with Crippen LogP contribution in [-0.2, 0) is 14.3 Å². The van der Waals surface area contributed by atoms with Crippen molar-refractivity contribution in [3.05, 3.63) is 39.9 Å². The van der Waals surface area contributed by atoms with Crippen LogP contribution in [0, 0.1) is 0 Å². The molecule has 8 heteroatoms. The standard InChI is InChI=1S/C14H17N3O5/c1-4-21-13-8-10(5-6-12(13)22-9-19-2)7-11(16-17-15)14(18)20-3/h5-8H,4,9H2,1-3H3/b11-7-. The van der Waals surface area contributed by atoms with Gasteiger partial charge in [0, 0.05) is 12.0 Å². The van der Waals surface area contributed by atoms with Gasteiger partial charge in [0.15, 0.2) is 18.3 Å². The molecule has 0 heterocycles. The number of hydrogen-bond acceptors (Lipinski definition) is 6. The van der Waals surface area contributed by atoms with Gasteiger partial charge in [-0.3, -0.25) is 0 Å². The highest BCUT2D eigenvalue weighted by atomic mass is 16.7. The quantitative estimate of drug-likeness (QED) is 0.183. The zero-order valence-corrected chi connectivity index (χ0v) is 12.6. The van der Waals surface area contributed by atoms with Gasteiger partial charge < -0.3 is 18.9 Å². The van der Waals surface area contributed by atoms with Crippen LogP contribution in [0.2, 0.25) is 0 Å². The van der Waals surface area contributed by atoms with Crippen molar-refractivity contribution in [2.75, 3.05) is 27.6 Å². The molecule has 0 aromatic heterocycles. The van der Waals surface area contributed by atoms with Crippen molar-refractivity contribution in [2.45, 2.75) is 6.92 Å². The number of rotatable bonds is 8. The van der Waals surface area contributed by atoms with Crippen LogP contribution in [-0.4, -0.2) is 33.6 Å². The van der Waals surface area contributed by atoms with Crippen molar-refractivity contribution >= 4 is 12.0 Å². The average molecular weight is 307 g/mol. The van der Waals surface area contributed by atoms with E-state index in [0.717, 1.165) is 0 Å². The predicted molar refractivity (Wildman–Crippen MR) is 79.3 cm³/mol. The second-order valence-corrected chi connectivity index (χ2v) is 3.90. The Balaban J connectivity index is 3.16. The minimum Gasteiger partial charge on any atom is -0.490 e. The lowest BCUT2D eigenvalue weighted by Crippen LogP contribution is -2.03. The van der Waals surface area contributed by atoms with E-state index in [9.17, 15) is 4.79 Å². The maximum absolute atomic E-state index is 11.5. The van der Waals surface area contributed by atoms with Gasteiger partial charge in [0.25, 0.3) is 0 Å². The summed E-state index contributed by atoms with van der Waals surface area (Å²) in [6, 6.07) is 5.01. The molecule has 22 heavy (non-hydrogen) atoms. The van der Waals surface area contributed by atoms with Crippen molar-refractivity contribution in [2.24, 2.45) is 5.11 Å². The maximum Gasteiger partial charge on any atom is 0.340 e. The second-order valence-electron chi connectivity index (χ2n) is 3.90. The van der Waals surface area contributed by atoms with Crippen LogP contribution in [0.3, 0.4) is 0 Å². The van der Waals surface area contributed by atoms with Crippen LogP contribution in [0.5, 0.6) is 11.5 Å². The Bertz CT molecular complexity index is 594.